The van der Waals surface area contributed by atoms with Crippen molar-refractivity contribution in [3.8, 4) is 0 Å². The van der Waals surface area contributed by atoms with Gasteiger partial charge in [-0.3, -0.25) is 4.79 Å². The van der Waals surface area contributed by atoms with Crippen molar-refractivity contribution in [2.75, 3.05) is 19.3 Å². The van der Waals surface area contributed by atoms with Gasteiger partial charge in [-0.2, -0.15) is 0 Å². The second kappa shape index (κ2) is 7.70. The zero-order valence-corrected chi connectivity index (χ0v) is 13.9. The highest BCUT2D eigenvalue weighted by Crippen LogP contribution is 2.13. The van der Waals surface area contributed by atoms with Crippen LogP contribution in [0.25, 0.3) is 6.08 Å². The number of halogens is 1. The highest BCUT2D eigenvalue weighted by Gasteiger charge is 2.26. The number of piperidine rings is 1. The van der Waals surface area contributed by atoms with Gasteiger partial charge in [-0.15, -0.1) is 0 Å². The van der Waals surface area contributed by atoms with E-state index in [1.165, 1.54) is 22.7 Å². The summed E-state index contributed by atoms with van der Waals surface area (Å²) >= 11 is 0. The third-order valence-corrected chi connectivity index (χ3v) is 4.95. The molecule has 1 heterocycles. The lowest BCUT2D eigenvalue weighted by Crippen LogP contribution is -2.49. The number of carbonyl (C=O) groups is 1. The average molecular weight is 340 g/mol. The van der Waals surface area contributed by atoms with E-state index < -0.39 is 10.0 Å². The summed E-state index contributed by atoms with van der Waals surface area (Å²) in [6.07, 6.45) is 6.21. The minimum absolute atomic E-state index is 0.159. The van der Waals surface area contributed by atoms with Crippen LogP contribution in [0.2, 0.25) is 0 Å². The number of amides is 1. The predicted octanol–water partition coefficient (Wildman–Crippen LogP) is 1.77. The average Bonchev–Trinajstić information content (AvgIpc) is 2.46. The second-order valence-corrected chi connectivity index (χ2v) is 7.67. The van der Waals surface area contributed by atoms with Crippen LogP contribution >= 0.6 is 0 Å². The second-order valence-electron chi connectivity index (χ2n) is 5.69. The van der Waals surface area contributed by atoms with E-state index in [4.69, 9.17) is 0 Å². The Morgan fingerprint density at radius 2 is 2.26 bits per heavy atom. The van der Waals surface area contributed by atoms with Crippen LogP contribution in [0.4, 0.5) is 4.39 Å². The van der Waals surface area contributed by atoms with E-state index in [0.717, 1.165) is 12.8 Å². The summed E-state index contributed by atoms with van der Waals surface area (Å²) in [5, 5.41) is 2.85. The summed E-state index contributed by atoms with van der Waals surface area (Å²) in [4.78, 5) is 11.9. The molecule has 0 radical (unpaired) electrons. The van der Waals surface area contributed by atoms with Gasteiger partial charge in [-0.1, -0.05) is 24.3 Å². The fourth-order valence-corrected chi connectivity index (χ4v) is 3.47. The van der Waals surface area contributed by atoms with Crippen molar-refractivity contribution in [1.29, 1.82) is 0 Å². The van der Waals surface area contributed by atoms with Gasteiger partial charge in [0.2, 0.25) is 15.9 Å². The molecule has 2 rings (SSSR count). The Labute approximate surface area is 136 Å². The van der Waals surface area contributed by atoms with Crippen molar-refractivity contribution in [1.82, 2.24) is 9.62 Å². The number of nitrogens with one attached hydrogen (secondary N) is 1. The number of sulfonamides is 1. The molecule has 1 aliphatic heterocycles. The summed E-state index contributed by atoms with van der Waals surface area (Å²) in [7, 11) is -3.22. The molecule has 1 aromatic rings. The molecule has 1 saturated heterocycles. The first kappa shape index (κ1) is 17.6. The Kier molecular flexibility index (Phi) is 5.90. The van der Waals surface area contributed by atoms with Gasteiger partial charge in [0.25, 0.3) is 0 Å². The van der Waals surface area contributed by atoms with Crippen LogP contribution in [-0.2, 0) is 14.8 Å². The van der Waals surface area contributed by atoms with E-state index in [1.54, 1.807) is 24.3 Å². The minimum atomic E-state index is -3.22. The summed E-state index contributed by atoms with van der Waals surface area (Å²) in [5.74, 6) is -0.488. The molecule has 1 aromatic carbocycles. The Hall–Kier alpha value is -1.73. The van der Waals surface area contributed by atoms with E-state index in [1.807, 2.05) is 0 Å². The quantitative estimate of drug-likeness (QED) is 0.888. The van der Waals surface area contributed by atoms with Crippen molar-refractivity contribution in [2.45, 2.75) is 25.3 Å². The Morgan fingerprint density at radius 3 is 2.96 bits per heavy atom. The van der Waals surface area contributed by atoms with Gasteiger partial charge in [-0.25, -0.2) is 17.1 Å². The Balaban J connectivity index is 1.83. The first-order valence-electron chi connectivity index (χ1n) is 7.51. The summed E-state index contributed by atoms with van der Waals surface area (Å²) in [6, 6.07) is 5.95. The van der Waals surface area contributed by atoms with Crippen molar-refractivity contribution in [3.63, 3.8) is 0 Å². The smallest absolute Gasteiger partial charge is 0.224 e. The molecule has 23 heavy (non-hydrogen) atoms. The standard InChI is InChI=1S/C16H21FN2O3S/c1-23(21,22)19-10-4-8-15(12-19)18-16(20)9-3-6-13-5-2-7-14(17)11-13/h2-3,5-7,11,15H,4,8-10,12H2,1H3,(H,18,20)/b6-3+/t15-/m1/s1. The molecule has 1 N–H and O–H groups in total. The van der Waals surface area contributed by atoms with Crippen molar-refractivity contribution < 1.29 is 17.6 Å². The van der Waals surface area contributed by atoms with Crippen LogP contribution < -0.4 is 5.32 Å². The van der Waals surface area contributed by atoms with E-state index in [-0.39, 0.29) is 24.2 Å². The zero-order chi connectivity index (χ0) is 16.9. The first-order chi connectivity index (χ1) is 10.8. The fraction of sp³-hybridized carbons (Fsp3) is 0.438. The van der Waals surface area contributed by atoms with Crippen molar-refractivity contribution in [3.05, 3.63) is 41.7 Å². The third kappa shape index (κ3) is 5.76. The van der Waals surface area contributed by atoms with Crippen LogP contribution in [0.3, 0.4) is 0 Å². The van der Waals surface area contributed by atoms with Gasteiger partial charge in [-0.05, 0) is 30.5 Å². The molecular formula is C16H21FN2O3S. The molecule has 1 aliphatic rings. The zero-order valence-electron chi connectivity index (χ0n) is 13.0. The number of hydrogen-bond donors (Lipinski definition) is 1. The molecule has 0 bridgehead atoms. The Morgan fingerprint density at radius 1 is 1.48 bits per heavy atom. The van der Waals surface area contributed by atoms with E-state index in [0.29, 0.717) is 18.7 Å². The lowest BCUT2D eigenvalue weighted by atomic mass is 10.1. The lowest BCUT2D eigenvalue weighted by Gasteiger charge is -2.31. The molecule has 5 nitrogen and oxygen atoms in total. The molecular weight excluding hydrogens is 319 g/mol. The molecule has 0 aromatic heterocycles. The monoisotopic (exact) mass is 340 g/mol. The van der Waals surface area contributed by atoms with Crippen LogP contribution in [0.15, 0.2) is 30.3 Å². The normalized spacial score (nSPS) is 19.8. The summed E-state index contributed by atoms with van der Waals surface area (Å²) < 4.78 is 37.5. The van der Waals surface area contributed by atoms with Gasteiger partial charge >= 0.3 is 0 Å². The molecule has 1 fully saturated rings. The van der Waals surface area contributed by atoms with E-state index in [2.05, 4.69) is 5.32 Å². The predicted molar refractivity (Wildman–Crippen MR) is 87.6 cm³/mol. The largest absolute Gasteiger partial charge is 0.352 e. The van der Waals surface area contributed by atoms with Gasteiger partial charge in [0.05, 0.1) is 6.26 Å². The Bertz CT molecular complexity index is 688. The highest BCUT2D eigenvalue weighted by atomic mass is 32.2. The summed E-state index contributed by atoms with van der Waals surface area (Å²) in [6.45, 7) is 0.822. The van der Waals surface area contributed by atoms with E-state index in [9.17, 15) is 17.6 Å². The number of hydrogen-bond acceptors (Lipinski definition) is 3. The molecule has 0 unspecified atom stereocenters. The van der Waals surface area contributed by atoms with Gasteiger partial charge < -0.3 is 5.32 Å². The van der Waals surface area contributed by atoms with Crippen LogP contribution in [0.5, 0.6) is 0 Å². The van der Waals surface area contributed by atoms with Crippen molar-refractivity contribution in [2.24, 2.45) is 0 Å². The lowest BCUT2D eigenvalue weighted by molar-refractivity contribution is -0.121. The van der Waals surface area contributed by atoms with Crippen LogP contribution in [0.1, 0.15) is 24.8 Å². The SMILES string of the molecule is CS(=O)(=O)N1CCC[C@@H](NC(=O)C/C=C/c2cccc(F)c2)C1. The highest BCUT2D eigenvalue weighted by molar-refractivity contribution is 7.88. The van der Waals surface area contributed by atoms with Crippen LogP contribution in [0, 0.1) is 5.82 Å². The maximum atomic E-state index is 13.0. The molecule has 0 aliphatic carbocycles. The number of nitrogens with zero attached hydrogens (tertiary/aromatic N) is 1. The number of carbonyl (C=O) groups excluding carboxylic acids is 1. The number of rotatable bonds is 5. The topological polar surface area (TPSA) is 66.5 Å². The van der Waals surface area contributed by atoms with Gasteiger partial charge in [0, 0.05) is 25.6 Å². The van der Waals surface area contributed by atoms with Crippen molar-refractivity contribution >= 4 is 22.0 Å². The molecule has 1 amide bonds. The summed E-state index contributed by atoms with van der Waals surface area (Å²) in [5.41, 5.74) is 0.693. The van der Waals surface area contributed by atoms with Gasteiger partial charge in [0.15, 0.2) is 0 Å². The molecule has 7 heteroatoms. The van der Waals surface area contributed by atoms with E-state index >= 15 is 0 Å². The van der Waals surface area contributed by atoms with Gasteiger partial charge in [0.1, 0.15) is 5.82 Å². The number of benzene rings is 1. The first-order valence-corrected chi connectivity index (χ1v) is 9.36. The maximum Gasteiger partial charge on any atom is 0.224 e. The molecule has 126 valence electrons. The third-order valence-electron chi connectivity index (χ3n) is 3.68. The fourth-order valence-electron chi connectivity index (χ4n) is 2.56. The molecule has 0 saturated carbocycles. The molecule has 1 atom stereocenters. The molecule has 0 spiro atoms. The maximum absolute atomic E-state index is 13.0. The van der Waals surface area contributed by atoms with Crippen LogP contribution in [-0.4, -0.2) is 44.0 Å². The minimum Gasteiger partial charge on any atom is -0.352 e.